The van der Waals surface area contributed by atoms with Crippen LogP contribution in [0, 0.1) is 0 Å². The molecule has 0 unspecified atom stereocenters. The number of hydrogen-bond donors (Lipinski definition) is 2. The number of furan rings is 1. The summed E-state index contributed by atoms with van der Waals surface area (Å²) in [5.41, 5.74) is -3.72. The number of nitrogens with one attached hydrogen (secondary N) is 2. The number of benzene rings is 1. The van der Waals surface area contributed by atoms with Gasteiger partial charge in [-0.25, -0.2) is 4.79 Å². The Morgan fingerprint density at radius 3 is 2.44 bits per heavy atom. The van der Waals surface area contributed by atoms with Crippen LogP contribution in [0.5, 0.6) is 0 Å². The van der Waals surface area contributed by atoms with Gasteiger partial charge in [0.2, 0.25) is 0 Å². The molecule has 0 aliphatic carbocycles. The van der Waals surface area contributed by atoms with Gasteiger partial charge in [0, 0.05) is 0 Å². The second kappa shape index (κ2) is 8.45. The topological polar surface area (TPSA) is 80.6 Å². The van der Waals surface area contributed by atoms with Gasteiger partial charge < -0.3 is 14.5 Å². The molecule has 2 N–H and O–H groups in total. The Morgan fingerprint density at radius 1 is 1.19 bits per heavy atom. The maximum atomic E-state index is 13.9. The second-order valence-corrected chi connectivity index (χ2v) is 5.74. The van der Waals surface area contributed by atoms with Crippen molar-refractivity contribution in [3.63, 3.8) is 0 Å². The summed E-state index contributed by atoms with van der Waals surface area (Å²) >= 11 is 5.87. The highest BCUT2D eigenvalue weighted by atomic mass is 35.5. The molecule has 0 saturated heterocycles. The van der Waals surface area contributed by atoms with Crippen LogP contribution in [0.15, 0.2) is 47.1 Å². The number of hydrogen-bond acceptors (Lipinski definition) is 5. The fraction of sp³-hybridized carbons (Fsp3) is 0.294. The molecular weight excluding hydrogens is 389 g/mol. The molecule has 1 atom stereocenters. The van der Waals surface area contributed by atoms with Gasteiger partial charge in [0.1, 0.15) is 5.76 Å². The number of halogens is 4. The third-order valence-electron chi connectivity index (χ3n) is 3.53. The zero-order valence-electron chi connectivity index (χ0n) is 14.1. The summed E-state index contributed by atoms with van der Waals surface area (Å²) in [7, 11) is 0. The van der Waals surface area contributed by atoms with Crippen LogP contribution in [0.1, 0.15) is 23.0 Å². The average molecular weight is 405 g/mol. The molecule has 1 aromatic carbocycles. The van der Waals surface area contributed by atoms with E-state index in [2.05, 4.69) is 4.74 Å². The number of esters is 1. The molecule has 0 bridgehead atoms. The summed E-state index contributed by atoms with van der Waals surface area (Å²) in [5.74, 6) is -2.78. The lowest BCUT2D eigenvalue weighted by Gasteiger charge is -2.34. The van der Waals surface area contributed by atoms with Gasteiger partial charge in [-0.05, 0) is 31.2 Å². The van der Waals surface area contributed by atoms with E-state index in [0.717, 1.165) is 0 Å². The van der Waals surface area contributed by atoms with E-state index in [-0.39, 0.29) is 23.0 Å². The molecule has 146 valence electrons. The number of carbonyl (C=O) groups excluding carboxylic acids is 2. The molecule has 0 aliphatic rings. The highest BCUT2D eigenvalue weighted by molar-refractivity contribution is 6.33. The first-order valence-electron chi connectivity index (χ1n) is 7.79. The Hall–Kier alpha value is -2.52. The molecule has 6 nitrogen and oxygen atoms in total. The van der Waals surface area contributed by atoms with Crippen LogP contribution >= 0.6 is 11.6 Å². The van der Waals surface area contributed by atoms with Crippen molar-refractivity contribution < 1.29 is 31.9 Å². The maximum Gasteiger partial charge on any atom is 0.436 e. The Labute approximate surface area is 157 Å². The van der Waals surface area contributed by atoms with Crippen molar-refractivity contribution >= 4 is 23.5 Å². The molecule has 2 aromatic rings. The van der Waals surface area contributed by atoms with Crippen molar-refractivity contribution in [1.82, 2.24) is 10.6 Å². The SMILES string of the molecule is CCOC(=O)[C@@](NCc1ccco1)(NC(=O)c1ccccc1Cl)C(F)(F)F. The third kappa shape index (κ3) is 4.61. The van der Waals surface area contributed by atoms with E-state index >= 15 is 0 Å². The fourth-order valence-corrected chi connectivity index (χ4v) is 2.43. The minimum Gasteiger partial charge on any atom is -0.468 e. The fourth-order valence-electron chi connectivity index (χ4n) is 2.21. The van der Waals surface area contributed by atoms with Gasteiger partial charge in [-0.2, -0.15) is 13.2 Å². The average Bonchev–Trinajstić information content (AvgIpc) is 3.11. The number of amides is 1. The van der Waals surface area contributed by atoms with E-state index in [1.165, 1.54) is 49.6 Å². The summed E-state index contributed by atoms with van der Waals surface area (Å²) < 4.78 is 51.3. The van der Waals surface area contributed by atoms with Gasteiger partial charge in [0.25, 0.3) is 11.6 Å². The minimum absolute atomic E-state index is 0.0685. The number of rotatable bonds is 7. The third-order valence-corrected chi connectivity index (χ3v) is 3.86. The number of alkyl halides is 3. The molecule has 0 radical (unpaired) electrons. The van der Waals surface area contributed by atoms with Crippen molar-refractivity contribution in [3.8, 4) is 0 Å². The number of carbonyl (C=O) groups is 2. The standard InChI is InChI=1S/C17H16ClF3N2O4/c1-2-26-15(25)16(17(19,20)21,22-10-11-6-5-9-27-11)23-14(24)12-7-3-4-8-13(12)18/h3-9,22H,2,10H2,1H3,(H,23,24)/t16-/m1/s1. The molecule has 1 heterocycles. The highest BCUT2D eigenvalue weighted by Crippen LogP contribution is 2.31. The maximum absolute atomic E-state index is 13.9. The van der Waals surface area contributed by atoms with Crippen molar-refractivity contribution in [2.75, 3.05) is 6.61 Å². The lowest BCUT2D eigenvalue weighted by atomic mass is 10.1. The zero-order chi connectivity index (χ0) is 20.1. The first kappa shape index (κ1) is 20.8. The van der Waals surface area contributed by atoms with Crippen LogP contribution in [0.2, 0.25) is 5.02 Å². The Morgan fingerprint density at radius 2 is 1.89 bits per heavy atom. The molecule has 0 spiro atoms. The number of ether oxygens (including phenoxy) is 1. The lowest BCUT2D eigenvalue weighted by molar-refractivity contribution is -0.219. The van der Waals surface area contributed by atoms with Crippen molar-refractivity contribution in [2.24, 2.45) is 0 Å². The van der Waals surface area contributed by atoms with Gasteiger partial charge in [-0.1, -0.05) is 23.7 Å². The normalized spacial score (nSPS) is 13.7. The van der Waals surface area contributed by atoms with Gasteiger partial charge in [-0.3, -0.25) is 10.1 Å². The van der Waals surface area contributed by atoms with Crippen molar-refractivity contribution in [2.45, 2.75) is 25.3 Å². The van der Waals surface area contributed by atoms with Crippen LogP contribution in [-0.2, 0) is 16.1 Å². The molecule has 0 aliphatic heterocycles. The van der Waals surface area contributed by atoms with Crippen LogP contribution in [0.3, 0.4) is 0 Å². The van der Waals surface area contributed by atoms with E-state index < -0.39 is 30.3 Å². The molecular formula is C17H16ClF3N2O4. The van der Waals surface area contributed by atoms with Gasteiger partial charge in [0.15, 0.2) is 0 Å². The molecule has 0 saturated carbocycles. The van der Waals surface area contributed by atoms with Crippen molar-refractivity contribution in [1.29, 1.82) is 0 Å². The van der Waals surface area contributed by atoms with Crippen LogP contribution < -0.4 is 10.6 Å². The van der Waals surface area contributed by atoms with Gasteiger partial charge >= 0.3 is 12.1 Å². The van der Waals surface area contributed by atoms with Crippen LogP contribution in [0.25, 0.3) is 0 Å². The molecule has 1 amide bonds. The Balaban J connectivity index is 2.41. The van der Waals surface area contributed by atoms with Crippen molar-refractivity contribution in [3.05, 3.63) is 59.0 Å². The van der Waals surface area contributed by atoms with E-state index in [1.807, 2.05) is 5.32 Å². The molecule has 10 heteroatoms. The zero-order valence-corrected chi connectivity index (χ0v) is 14.9. The highest BCUT2D eigenvalue weighted by Gasteiger charge is 2.63. The van der Waals surface area contributed by atoms with E-state index in [9.17, 15) is 22.8 Å². The quantitative estimate of drug-likeness (QED) is 0.547. The van der Waals surface area contributed by atoms with E-state index in [1.54, 1.807) is 5.32 Å². The summed E-state index contributed by atoms with van der Waals surface area (Å²) in [6.45, 7) is 0.538. The molecule has 27 heavy (non-hydrogen) atoms. The Bertz CT molecular complexity index is 796. The predicted molar refractivity (Wildman–Crippen MR) is 89.9 cm³/mol. The summed E-state index contributed by atoms with van der Waals surface area (Å²) in [4.78, 5) is 24.7. The summed E-state index contributed by atoms with van der Waals surface area (Å²) in [5, 5.41) is 3.64. The monoisotopic (exact) mass is 404 g/mol. The first-order valence-corrected chi connectivity index (χ1v) is 8.17. The van der Waals surface area contributed by atoms with Crippen LogP contribution in [0.4, 0.5) is 13.2 Å². The smallest absolute Gasteiger partial charge is 0.436 e. The summed E-state index contributed by atoms with van der Waals surface area (Å²) in [6.07, 6.45) is -3.96. The Kier molecular flexibility index (Phi) is 6.50. The molecule has 1 aromatic heterocycles. The first-order chi connectivity index (χ1) is 12.7. The summed E-state index contributed by atoms with van der Waals surface area (Å²) in [6, 6.07) is 8.39. The van der Waals surface area contributed by atoms with E-state index in [4.69, 9.17) is 16.0 Å². The molecule has 0 fully saturated rings. The molecule has 2 rings (SSSR count). The van der Waals surface area contributed by atoms with Crippen LogP contribution in [-0.4, -0.2) is 30.3 Å². The largest absolute Gasteiger partial charge is 0.468 e. The minimum atomic E-state index is -5.22. The van der Waals surface area contributed by atoms with Gasteiger partial charge in [-0.15, -0.1) is 0 Å². The second-order valence-electron chi connectivity index (χ2n) is 5.34. The van der Waals surface area contributed by atoms with Gasteiger partial charge in [0.05, 0.1) is 30.0 Å². The lowest BCUT2D eigenvalue weighted by Crippen LogP contribution is -2.72. The van der Waals surface area contributed by atoms with E-state index in [0.29, 0.717) is 0 Å². The predicted octanol–water partition coefficient (Wildman–Crippen LogP) is 3.27.